The fourth-order valence-corrected chi connectivity index (χ4v) is 4.17. The topological polar surface area (TPSA) is 82.5 Å². The Labute approximate surface area is 185 Å². The molecule has 1 fully saturated rings. The number of methoxy groups -OCH3 is 2. The predicted molar refractivity (Wildman–Crippen MR) is 118 cm³/mol. The number of amides is 1. The third kappa shape index (κ3) is 4.17. The van der Waals surface area contributed by atoms with E-state index in [0.717, 1.165) is 24.8 Å². The van der Waals surface area contributed by atoms with Crippen LogP contribution in [0.4, 0.5) is 4.39 Å². The number of fused-ring (bicyclic) bond motifs is 1. The molecule has 3 aromatic rings. The van der Waals surface area contributed by atoms with E-state index in [4.69, 9.17) is 9.47 Å². The van der Waals surface area contributed by atoms with Crippen LogP contribution >= 0.6 is 0 Å². The van der Waals surface area contributed by atoms with Crippen molar-refractivity contribution >= 4 is 16.8 Å². The van der Waals surface area contributed by atoms with Gasteiger partial charge in [-0.05, 0) is 49.4 Å². The quantitative estimate of drug-likeness (QED) is 0.581. The zero-order chi connectivity index (χ0) is 22.7. The van der Waals surface area contributed by atoms with Gasteiger partial charge in [0.25, 0.3) is 5.56 Å². The van der Waals surface area contributed by atoms with Crippen LogP contribution in [0.2, 0.25) is 0 Å². The first-order valence-corrected chi connectivity index (χ1v) is 10.6. The second kappa shape index (κ2) is 8.98. The highest BCUT2D eigenvalue weighted by Gasteiger charge is 2.39. The number of aryl methyl sites for hydroxylation is 1. The van der Waals surface area contributed by atoms with Crippen LogP contribution in [0.5, 0.6) is 11.5 Å². The molecular formula is C24H26FN3O4. The van der Waals surface area contributed by atoms with Crippen molar-refractivity contribution in [1.29, 1.82) is 0 Å². The zero-order valence-electron chi connectivity index (χ0n) is 18.2. The molecule has 0 spiro atoms. The average molecular weight is 439 g/mol. The Hall–Kier alpha value is -3.42. The minimum atomic E-state index is -0.415. The number of hydrogen-bond donors (Lipinski definition) is 1. The van der Waals surface area contributed by atoms with Gasteiger partial charge in [-0.3, -0.25) is 14.2 Å². The fraction of sp³-hybridized carbons (Fsp3) is 0.375. The van der Waals surface area contributed by atoms with Crippen LogP contribution in [-0.2, 0) is 16.9 Å². The molecule has 0 saturated heterocycles. The molecule has 0 atom stereocenters. The molecule has 1 amide bonds. The van der Waals surface area contributed by atoms with Gasteiger partial charge in [0, 0.05) is 19.0 Å². The summed E-state index contributed by atoms with van der Waals surface area (Å²) in [5.41, 5.74) is 0.839. The number of carbonyl (C=O) groups is 1. The SMILES string of the molecule is COc1cc2ncn(CCCC(=O)NC3(c4ccc(F)cc4)CCC3)c(=O)c2cc1OC. The van der Waals surface area contributed by atoms with Crippen molar-refractivity contribution in [3.63, 3.8) is 0 Å². The first-order chi connectivity index (χ1) is 15.5. The van der Waals surface area contributed by atoms with E-state index in [1.54, 1.807) is 24.3 Å². The molecule has 0 aliphatic heterocycles. The smallest absolute Gasteiger partial charge is 0.261 e. The normalized spacial score (nSPS) is 14.6. The molecule has 1 heterocycles. The summed E-state index contributed by atoms with van der Waals surface area (Å²) in [6, 6.07) is 9.60. The van der Waals surface area contributed by atoms with E-state index >= 15 is 0 Å². The highest BCUT2D eigenvalue weighted by atomic mass is 19.1. The number of halogens is 1. The summed E-state index contributed by atoms with van der Waals surface area (Å²) in [6.07, 6.45) is 4.95. The maximum Gasteiger partial charge on any atom is 0.261 e. The molecule has 1 aliphatic carbocycles. The zero-order valence-corrected chi connectivity index (χ0v) is 18.2. The molecular weight excluding hydrogens is 413 g/mol. The van der Waals surface area contributed by atoms with Gasteiger partial charge in [0.05, 0.1) is 37.0 Å². The predicted octanol–water partition coefficient (Wildman–Crippen LogP) is 3.53. The Balaban J connectivity index is 1.41. The minimum Gasteiger partial charge on any atom is -0.493 e. The molecule has 0 radical (unpaired) electrons. The lowest BCUT2D eigenvalue weighted by Crippen LogP contribution is -2.50. The summed E-state index contributed by atoms with van der Waals surface area (Å²) in [7, 11) is 3.04. The second-order valence-corrected chi connectivity index (χ2v) is 8.06. The third-order valence-corrected chi connectivity index (χ3v) is 6.11. The Morgan fingerprint density at radius 1 is 1.16 bits per heavy atom. The number of hydrogen-bond acceptors (Lipinski definition) is 5. The fourth-order valence-electron chi connectivity index (χ4n) is 4.17. The molecule has 2 aromatic carbocycles. The number of nitrogens with one attached hydrogen (secondary N) is 1. The summed E-state index contributed by atoms with van der Waals surface area (Å²) in [5, 5.41) is 3.56. The molecule has 4 rings (SSSR count). The third-order valence-electron chi connectivity index (χ3n) is 6.11. The summed E-state index contributed by atoms with van der Waals surface area (Å²) >= 11 is 0. The van der Waals surface area contributed by atoms with Gasteiger partial charge in [-0.25, -0.2) is 9.37 Å². The first-order valence-electron chi connectivity index (χ1n) is 10.6. The number of benzene rings is 2. The van der Waals surface area contributed by atoms with E-state index < -0.39 is 5.54 Å². The van der Waals surface area contributed by atoms with Crippen LogP contribution in [0, 0.1) is 5.82 Å². The first kappa shape index (κ1) is 21.8. The van der Waals surface area contributed by atoms with Gasteiger partial charge in [-0.2, -0.15) is 0 Å². The van der Waals surface area contributed by atoms with Crippen LogP contribution in [0.1, 0.15) is 37.7 Å². The van der Waals surface area contributed by atoms with Crippen LogP contribution in [0.25, 0.3) is 10.9 Å². The highest BCUT2D eigenvalue weighted by Crippen LogP contribution is 2.41. The number of carbonyl (C=O) groups excluding carboxylic acids is 1. The Morgan fingerprint density at radius 3 is 2.47 bits per heavy atom. The largest absolute Gasteiger partial charge is 0.493 e. The molecule has 0 bridgehead atoms. The van der Waals surface area contributed by atoms with Crippen LogP contribution < -0.4 is 20.3 Å². The molecule has 1 saturated carbocycles. The van der Waals surface area contributed by atoms with Gasteiger partial charge >= 0.3 is 0 Å². The van der Waals surface area contributed by atoms with Crippen LogP contribution in [0.3, 0.4) is 0 Å². The summed E-state index contributed by atoms with van der Waals surface area (Å²) in [5.74, 6) is 0.595. The van der Waals surface area contributed by atoms with Gasteiger partial charge in [0.1, 0.15) is 5.82 Å². The van der Waals surface area contributed by atoms with E-state index in [1.165, 1.54) is 37.2 Å². The van der Waals surface area contributed by atoms with Crippen molar-refractivity contribution in [1.82, 2.24) is 14.9 Å². The number of rotatable bonds is 8. The van der Waals surface area contributed by atoms with Crippen molar-refractivity contribution in [2.45, 2.75) is 44.2 Å². The van der Waals surface area contributed by atoms with E-state index in [9.17, 15) is 14.0 Å². The average Bonchev–Trinajstić information content (AvgIpc) is 2.77. The molecule has 8 heteroatoms. The van der Waals surface area contributed by atoms with Crippen molar-refractivity contribution in [2.24, 2.45) is 0 Å². The van der Waals surface area contributed by atoms with Gasteiger partial charge in [0.2, 0.25) is 5.91 Å². The van der Waals surface area contributed by atoms with Gasteiger partial charge < -0.3 is 14.8 Å². The van der Waals surface area contributed by atoms with Gasteiger partial charge in [-0.15, -0.1) is 0 Å². The van der Waals surface area contributed by atoms with E-state index in [2.05, 4.69) is 10.3 Å². The van der Waals surface area contributed by atoms with Gasteiger partial charge in [0.15, 0.2) is 11.5 Å². The lowest BCUT2D eigenvalue weighted by atomic mass is 9.71. The molecule has 0 unspecified atom stereocenters. The molecule has 1 N–H and O–H groups in total. The van der Waals surface area contributed by atoms with Crippen LogP contribution in [-0.4, -0.2) is 29.7 Å². The van der Waals surface area contributed by atoms with Gasteiger partial charge in [-0.1, -0.05) is 12.1 Å². The Kier molecular flexibility index (Phi) is 6.12. The number of nitrogens with zero attached hydrogens (tertiary/aromatic N) is 2. The standard InChI is InChI=1S/C24H26FN3O4/c1-31-20-13-18-19(14-21(20)32-2)26-15-28(23(18)30)12-3-5-22(29)27-24(10-4-11-24)16-6-8-17(25)9-7-16/h6-9,13-15H,3-5,10-12H2,1-2H3,(H,27,29). The van der Waals surface area contributed by atoms with Crippen molar-refractivity contribution in [3.05, 3.63) is 64.5 Å². The minimum absolute atomic E-state index is 0.0813. The lowest BCUT2D eigenvalue weighted by molar-refractivity contribution is -0.124. The molecule has 32 heavy (non-hydrogen) atoms. The maximum atomic E-state index is 13.3. The van der Waals surface area contributed by atoms with E-state index in [0.29, 0.717) is 35.4 Å². The lowest BCUT2D eigenvalue weighted by Gasteiger charge is -2.43. The van der Waals surface area contributed by atoms with Crippen molar-refractivity contribution < 1.29 is 18.7 Å². The second-order valence-electron chi connectivity index (χ2n) is 8.06. The van der Waals surface area contributed by atoms with Crippen molar-refractivity contribution in [2.75, 3.05) is 14.2 Å². The summed E-state index contributed by atoms with van der Waals surface area (Å²) in [6.45, 7) is 0.368. The molecule has 1 aromatic heterocycles. The highest BCUT2D eigenvalue weighted by molar-refractivity contribution is 5.81. The molecule has 168 valence electrons. The number of aromatic nitrogens is 2. The summed E-state index contributed by atoms with van der Waals surface area (Å²) in [4.78, 5) is 29.8. The monoisotopic (exact) mass is 439 g/mol. The van der Waals surface area contributed by atoms with Crippen molar-refractivity contribution in [3.8, 4) is 11.5 Å². The number of ether oxygens (including phenoxy) is 2. The Morgan fingerprint density at radius 2 is 1.84 bits per heavy atom. The van der Waals surface area contributed by atoms with E-state index in [1.807, 2.05) is 0 Å². The Bertz CT molecular complexity index is 1190. The van der Waals surface area contributed by atoms with Crippen LogP contribution in [0.15, 0.2) is 47.5 Å². The maximum absolute atomic E-state index is 13.3. The van der Waals surface area contributed by atoms with E-state index in [-0.39, 0.29) is 23.7 Å². The molecule has 1 aliphatic rings. The molecule has 7 nitrogen and oxygen atoms in total. The summed E-state index contributed by atoms with van der Waals surface area (Å²) < 4.78 is 25.3.